The lowest BCUT2D eigenvalue weighted by Gasteiger charge is -2.13. The van der Waals surface area contributed by atoms with E-state index in [0.29, 0.717) is 6.42 Å². The molecule has 0 radical (unpaired) electrons. The third-order valence-corrected chi connectivity index (χ3v) is 7.66. The van der Waals surface area contributed by atoms with Gasteiger partial charge in [0.1, 0.15) is 17.8 Å². The van der Waals surface area contributed by atoms with E-state index >= 15 is 0 Å². The van der Waals surface area contributed by atoms with Crippen LogP contribution in [0.15, 0.2) is 59.9 Å². The quantitative estimate of drug-likeness (QED) is 0.0520. The van der Waals surface area contributed by atoms with Gasteiger partial charge in [-0.15, -0.1) is 0 Å². The Morgan fingerprint density at radius 2 is 1.19 bits per heavy atom. The van der Waals surface area contributed by atoms with Crippen molar-refractivity contribution < 1.29 is 61.1 Å². The van der Waals surface area contributed by atoms with E-state index in [9.17, 15) is 43.2 Å². The minimum atomic E-state index is -4.99. The first-order valence-electron chi connectivity index (χ1n) is 12.7. The molecule has 0 amide bonds. The SMILES string of the molecule is CCCS(=O)(=O)O/C=C(/c1ccc(OCCCOc2ccc(/C(=N/OS(=O)(=O)CCC)C(F)(F)F)cc2)cc1)C(F)(F)F. The van der Waals surface area contributed by atoms with Gasteiger partial charge in [0.2, 0.25) is 0 Å². The molecule has 17 heteroatoms. The van der Waals surface area contributed by atoms with Crippen LogP contribution in [-0.4, -0.2) is 59.6 Å². The molecular formula is C26H29F6NO8S2. The van der Waals surface area contributed by atoms with Crippen molar-refractivity contribution >= 4 is 31.5 Å². The maximum absolute atomic E-state index is 13.4. The summed E-state index contributed by atoms with van der Waals surface area (Å²) in [6.07, 6.45) is -9.12. The molecule has 43 heavy (non-hydrogen) atoms. The van der Waals surface area contributed by atoms with Crippen LogP contribution in [0.1, 0.15) is 44.2 Å². The first-order chi connectivity index (χ1) is 20.0. The molecule has 2 rings (SSSR count). The van der Waals surface area contributed by atoms with Crippen LogP contribution in [0.5, 0.6) is 11.5 Å². The van der Waals surface area contributed by atoms with Crippen LogP contribution in [0, 0.1) is 0 Å². The number of hydrogen-bond donors (Lipinski definition) is 0. The number of nitrogens with zero attached hydrogens (tertiary/aromatic N) is 1. The zero-order chi connectivity index (χ0) is 32.3. The second kappa shape index (κ2) is 15.3. The van der Waals surface area contributed by atoms with Gasteiger partial charge >= 0.3 is 32.6 Å². The molecule has 0 aliphatic heterocycles. The van der Waals surface area contributed by atoms with E-state index in [4.69, 9.17) is 9.47 Å². The van der Waals surface area contributed by atoms with Crippen molar-refractivity contribution in [2.24, 2.45) is 5.16 Å². The number of hydrogen-bond acceptors (Lipinski definition) is 9. The molecule has 0 unspecified atom stereocenters. The summed E-state index contributed by atoms with van der Waals surface area (Å²) in [4.78, 5) is 0. The zero-order valence-electron chi connectivity index (χ0n) is 22.9. The highest BCUT2D eigenvalue weighted by Gasteiger charge is 2.38. The number of benzene rings is 2. The van der Waals surface area contributed by atoms with E-state index in [1.807, 2.05) is 0 Å². The summed E-state index contributed by atoms with van der Waals surface area (Å²) in [5.74, 6) is -0.518. The lowest BCUT2D eigenvalue weighted by molar-refractivity contribution is -0.0698. The van der Waals surface area contributed by atoms with Crippen molar-refractivity contribution in [3.05, 3.63) is 65.9 Å². The van der Waals surface area contributed by atoms with E-state index in [2.05, 4.69) is 13.6 Å². The predicted octanol–water partition coefficient (Wildman–Crippen LogP) is 6.22. The van der Waals surface area contributed by atoms with E-state index < -0.39 is 60.9 Å². The van der Waals surface area contributed by atoms with Crippen molar-refractivity contribution in [2.75, 3.05) is 24.7 Å². The minimum absolute atomic E-state index is 0.0700. The van der Waals surface area contributed by atoms with Crippen molar-refractivity contribution in [3.63, 3.8) is 0 Å². The van der Waals surface area contributed by atoms with Crippen molar-refractivity contribution in [1.29, 1.82) is 0 Å². The average molecular weight is 662 g/mol. The van der Waals surface area contributed by atoms with Gasteiger partial charge in [0.25, 0.3) is 0 Å². The number of alkyl halides is 6. The number of allylic oxidation sites excluding steroid dienone is 1. The second-order valence-corrected chi connectivity index (χ2v) is 12.1. The minimum Gasteiger partial charge on any atom is -0.493 e. The molecule has 0 fully saturated rings. The summed E-state index contributed by atoms with van der Waals surface area (Å²) in [5.41, 5.74) is -3.62. The van der Waals surface area contributed by atoms with Gasteiger partial charge in [-0.1, -0.05) is 31.1 Å². The Morgan fingerprint density at radius 1 is 0.721 bits per heavy atom. The molecule has 0 atom stereocenters. The number of rotatable bonds is 16. The topological polar surface area (TPSA) is 118 Å². The van der Waals surface area contributed by atoms with Crippen LogP contribution in [0.2, 0.25) is 0 Å². The van der Waals surface area contributed by atoms with E-state index in [-0.39, 0.29) is 49.4 Å². The smallest absolute Gasteiger partial charge is 0.437 e. The van der Waals surface area contributed by atoms with E-state index in [1.165, 1.54) is 38.1 Å². The van der Waals surface area contributed by atoms with E-state index in [1.54, 1.807) is 0 Å². The van der Waals surface area contributed by atoms with Crippen molar-refractivity contribution in [2.45, 2.75) is 45.5 Å². The second-order valence-electron chi connectivity index (χ2n) is 8.76. The average Bonchev–Trinajstić information content (AvgIpc) is 2.88. The van der Waals surface area contributed by atoms with E-state index in [0.717, 1.165) is 24.3 Å². The molecule has 2 aromatic carbocycles. The van der Waals surface area contributed by atoms with Gasteiger partial charge in [-0.2, -0.15) is 43.2 Å². The monoisotopic (exact) mass is 661 g/mol. The molecule has 0 bridgehead atoms. The standard InChI is InChI=1S/C26H29F6NO8S2/c1-3-16-42(34,35)40-18-23(25(27,28)29)19-6-10-21(11-7-19)38-14-5-15-39-22-12-8-20(9-13-22)24(26(30,31)32)33-41-43(36,37)17-4-2/h6-13,18H,3-5,14-17H2,1-2H3/b23-18-,33-24-. The first kappa shape index (κ1) is 35.7. The largest absolute Gasteiger partial charge is 0.493 e. The fraction of sp³-hybridized carbons (Fsp3) is 0.423. The van der Waals surface area contributed by atoms with Crippen LogP contribution in [0.4, 0.5) is 26.3 Å². The maximum Gasteiger partial charge on any atom is 0.437 e. The summed E-state index contributed by atoms with van der Waals surface area (Å²) >= 11 is 0. The van der Waals surface area contributed by atoms with Gasteiger partial charge in [0, 0.05) is 12.0 Å². The summed E-state index contributed by atoms with van der Waals surface area (Å²) in [6.45, 7) is 3.19. The molecule has 240 valence electrons. The molecule has 2 aromatic rings. The molecule has 0 aromatic heterocycles. The lowest BCUT2D eigenvalue weighted by atomic mass is 10.1. The van der Waals surface area contributed by atoms with Gasteiger partial charge < -0.3 is 13.7 Å². The molecule has 0 aliphatic rings. The van der Waals surface area contributed by atoms with Crippen LogP contribution in [-0.2, 0) is 28.7 Å². The molecule has 0 saturated carbocycles. The Balaban J connectivity index is 1.93. The first-order valence-corrected chi connectivity index (χ1v) is 15.8. The zero-order valence-corrected chi connectivity index (χ0v) is 24.6. The summed E-state index contributed by atoms with van der Waals surface area (Å²) in [6, 6.07) is 9.20. The maximum atomic E-state index is 13.4. The number of ether oxygens (including phenoxy) is 2. The van der Waals surface area contributed by atoms with Gasteiger partial charge in [-0.25, -0.2) is 0 Å². The predicted molar refractivity (Wildman–Crippen MR) is 145 cm³/mol. The molecule has 0 heterocycles. The Hall–Kier alpha value is -3.47. The molecule has 0 spiro atoms. The normalized spacial score (nSPS) is 13.5. The molecule has 9 nitrogen and oxygen atoms in total. The molecule has 0 aliphatic carbocycles. The molecule has 0 N–H and O–H groups in total. The van der Waals surface area contributed by atoms with Crippen LogP contribution in [0.3, 0.4) is 0 Å². The summed E-state index contributed by atoms with van der Waals surface area (Å²) in [5, 5.41) is 2.81. The Bertz CT molecular complexity index is 1340. The van der Waals surface area contributed by atoms with Gasteiger partial charge in [-0.3, -0.25) is 4.28 Å². The summed E-state index contributed by atoms with van der Waals surface area (Å²) in [7, 11) is -8.41. The van der Waals surface area contributed by atoms with Crippen LogP contribution >= 0.6 is 0 Å². The highest BCUT2D eigenvalue weighted by atomic mass is 32.2. The van der Waals surface area contributed by atoms with Gasteiger partial charge in [0.05, 0.1) is 30.3 Å². The third-order valence-electron chi connectivity index (χ3n) is 5.16. The lowest BCUT2D eigenvalue weighted by Crippen LogP contribution is -2.25. The van der Waals surface area contributed by atoms with Gasteiger partial charge in [-0.05, 0) is 54.8 Å². The molecular weight excluding hydrogens is 632 g/mol. The van der Waals surface area contributed by atoms with Crippen molar-refractivity contribution in [3.8, 4) is 11.5 Å². The van der Waals surface area contributed by atoms with Crippen LogP contribution < -0.4 is 9.47 Å². The highest BCUT2D eigenvalue weighted by molar-refractivity contribution is 7.87. The number of oxime groups is 1. The van der Waals surface area contributed by atoms with Crippen molar-refractivity contribution in [1.82, 2.24) is 0 Å². The fourth-order valence-corrected chi connectivity index (χ4v) is 4.85. The molecule has 0 saturated heterocycles. The Morgan fingerprint density at radius 3 is 1.63 bits per heavy atom. The Kier molecular flexibility index (Phi) is 12.7. The fourth-order valence-electron chi connectivity index (χ4n) is 3.25. The third kappa shape index (κ3) is 12.3. The summed E-state index contributed by atoms with van der Waals surface area (Å²) < 4.78 is 146. The Labute approximate surface area is 245 Å². The van der Waals surface area contributed by atoms with Crippen LogP contribution in [0.25, 0.3) is 5.57 Å². The highest BCUT2D eigenvalue weighted by Crippen LogP contribution is 2.35. The van der Waals surface area contributed by atoms with Gasteiger partial charge in [0.15, 0.2) is 5.71 Å². The number of halogens is 6.